The van der Waals surface area contributed by atoms with Gasteiger partial charge in [-0.3, -0.25) is 12.9 Å². The van der Waals surface area contributed by atoms with E-state index < -0.39 is 18.0 Å². The van der Waals surface area contributed by atoms with Crippen LogP contribution in [0, 0.1) is 6.07 Å². The molecular weight excluding hydrogens is 430 g/mol. The molecule has 144 valence electrons. The quantitative estimate of drug-likeness (QED) is 0.0701. The summed E-state index contributed by atoms with van der Waals surface area (Å²) in [4.78, 5) is -0.196. The summed E-state index contributed by atoms with van der Waals surface area (Å²) in [5.41, 5.74) is 0. The molecule has 6 nitrogen and oxygen atoms in total. The van der Waals surface area contributed by atoms with Crippen molar-refractivity contribution in [2.75, 3.05) is 0 Å². The van der Waals surface area contributed by atoms with E-state index in [0.717, 1.165) is 15.9 Å². The number of hydrogen-bond donors (Lipinski definition) is 2. The molecule has 10 heteroatoms. The van der Waals surface area contributed by atoms with E-state index in [2.05, 4.69) is 19.0 Å². The van der Waals surface area contributed by atoms with Gasteiger partial charge in [-0.25, -0.2) is 8.42 Å². The fourth-order valence-corrected chi connectivity index (χ4v) is 5.24. The second-order valence-electron chi connectivity index (χ2n) is 4.88. The Labute approximate surface area is 193 Å². The number of thiol groups is 1. The summed E-state index contributed by atoms with van der Waals surface area (Å²) in [5.74, 6) is 0. The Morgan fingerprint density at radius 1 is 0.857 bits per heavy atom. The van der Waals surface area contributed by atoms with Gasteiger partial charge in [0.15, 0.2) is 0 Å². The monoisotopic (exact) mass is 445 g/mol. The molecule has 0 saturated heterocycles. The van der Waals surface area contributed by atoms with Gasteiger partial charge in [-0.15, -0.1) is 5.30 Å². The topological polar surface area (TPSA) is 124 Å². The molecule has 0 saturated carbocycles. The number of benzene rings is 3. The molecule has 28 heavy (non-hydrogen) atoms. The molecule has 0 aliphatic heterocycles. The van der Waals surface area contributed by atoms with Gasteiger partial charge in [0.1, 0.15) is 10.1 Å². The van der Waals surface area contributed by atoms with Crippen LogP contribution in [-0.2, 0) is 10.1 Å². The maximum Gasteiger partial charge on any atom is 1.00 e. The SMILES string of the molecule is O=S(=O)([O-])c1cccc(P(c2c[c-]ccc2)c2ccccc2)c1.[Na+].[O-]O.[O-]S. The molecule has 3 aromatic rings. The van der Waals surface area contributed by atoms with Gasteiger partial charge in [0, 0.05) is 0 Å². The van der Waals surface area contributed by atoms with Gasteiger partial charge in [-0.2, -0.15) is 30.3 Å². The first-order chi connectivity index (χ1) is 13.1. The van der Waals surface area contributed by atoms with Crippen molar-refractivity contribution in [2.45, 2.75) is 4.90 Å². The Morgan fingerprint density at radius 2 is 1.43 bits per heavy atom. The summed E-state index contributed by atoms with van der Waals surface area (Å²) < 4.78 is 41.9. The Hall–Kier alpha value is -0.770. The fourth-order valence-electron chi connectivity index (χ4n) is 2.33. The minimum atomic E-state index is -4.47. The van der Waals surface area contributed by atoms with Crippen LogP contribution in [0.1, 0.15) is 0 Å². The molecule has 0 bridgehead atoms. The van der Waals surface area contributed by atoms with E-state index in [9.17, 15) is 13.0 Å². The summed E-state index contributed by atoms with van der Waals surface area (Å²) in [5, 5.41) is 16.0. The average Bonchev–Trinajstić information content (AvgIpc) is 2.72. The van der Waals surface area contributed by atoms with E-state index in [4.69, 9.17) is 15.1 Å². The van der Waals surface area contributed by atoms with Crippen molar-refractivity contribution in [2.24, 2.45) is 0 Å². The number of rotatable bonds is 4. The molecule has 1 N–H and O–H groups in total. The second kappa shape index (κ2) is 14.3. The molecule has 0 aliphatic rings. The van der Waals surface area contributed by atoms with Gasteiger partial charge in [-0.05, 0) is 22.7 Å². The summed E-state index contributed by atoms with van der Waals surface area (Å²) in [7, 11) is -5.41. The molecule has 3 aromatic carbocycles. The van der Waals surface area contributed by atoms with E-state index in [-0.39, 0.29) is 34.5 Å². The van der Waals surface area contributed by atoms with Crippen LogP contribution < -0.4 is 50.7 Å². The van der Waals surface area contributed by atoms with Crippen molar-refractivity contribution >= 4 is 46.9 Å². The first kappa shape index (κ1) is 27.2. The summed E-state index contributed by atoms with van der Waals surface area (Å²) in [6.07, 6.45) is 0. The predicted molar refractivity (Wildman–Crippen MR) is 104 cm³/mol. The Morgan fingerprint density at radius 3 is 1.96 bits per heavy atom. The first-order valence-corrected chi connectivity index (χ1v) is 10.4. The minimum Gasteiger partial charge on any atom is -0.802 e. The molecular formula is C18H15NaO6PS2-3. The molecule has 1 atom stereocenters. The summed E-state index contributed by atoms with van der Waals surface area (Å²) in [6.45, 7) is 0. The van der Waals surface area contributed by atoms with Crippen LogP contribution in [0.2, 0.25) is 0 Å². The summed E-state index contributed by atoms with van der Waals surface area (Å²) in [6, 6.07) is 26.8. The Balaban J connectivity index is 0.00000137. The molecule has 1 unspecified atom stereocenters. The van der Waals surface area contributed by atoms with Crippen LogP contribution in [0.15, 0.2) is 83.8 Å². The third kappa shape index (κ3) is 7.93. The van der Waals surface area contributed by atoms with Gasteiger partial charge in [0.05, 0.1) is 4.90 Å². The van der Waals surface area contributed by atoms with Gasteiger partial charge >= 0.3 is 29.6 Å². The maximum absolute atomic E-state index is 11.3. The van der Waals surface area contributed by atoms with Gasteiger partial charge in [0.2, 0.25) is 0 Å². The zero-order valence-electron chi connectivity index (χ0n) is 14.8. The van der Waals surface area contributed by atoms with E-state index in [1.54, 1.807) is 6.07 Å². The standard InChI is InChI=1S/C18H14O3PS.Na.H2O2.H2OS/c19-23(20,21)18-13-7-12-17(14-18)22(15-8-3-1-4-9-15)16-10-5-2-6-11-16;;2*1-2/h1-5,7-14H,(H,19,20,21);;2*1-2H/q-1;+1;;/p-3. The second-order valence-corrected chi connectivity index (χ2v) is 8.48. The molecule has 0 spiro atoms. The predicted octanol–water partition coefficient (Wildman–Crippen LogP) is -1.98. The molecule has 0 radical (unpaired) electrons. The van der Waals surface area contributed by atoms with Crippen LogP contribution in [0.5, 0.6) is 0 Å². The molecule has 0 heterocycles. The van der Waals surface area contributed by atoms with E-state index in [1.807, 2.05) is 60.7 Å². The summed E-state index contributed by atoms with van der Waals surface area (Å²) >= 11 is 2.28. The third-order valence-corrected chi connectivity index (χ3v) is 6.56. The van der Waals surface area contributed by atoms with Crippen LogP contribution in [-0.4, -0.2) is 22.8 Å². The van der Waals surface area contributed by atoms with Crippen LogP contribution in [0.3, 0.4) is 0 Å². The maximum atomic E-state index is 11.3. The van der Waals surface area contributed by atoms with Crippen molar-refractivity contribution in [1.29, 1.82) is 0 Å². The van der Waals surface area contributed by atoms with Gasteiger partial charge in [0.25, 0.3) is 0 Å². The van der Waals surface area contributed by atoms with Crippen LogP contribution >= 0.6 is 20.8 Å². The van der Waals surface area contributed by atoms with E-state index >= 15 is 0 Å². The fraction of sp³-hybridized carbons (Fsp3) is 0. The van der Waals surface area contributed by atoms with Crippen LogP contribution in [0.25, 0.3) is 0 Å². The Bertz CT molecular complexity index is 872. The van der Waals surface area contributed by atoms with Crippen molar-refractivity contribution in [3.05, 3.63) is 84.9 Å². The Kier molecular flexibility index (Phi) is 13.9. The van der Waals surface area contributed by atoms with Crippen molar-refractivity contribution < 1.29 is 57.6 Å². The van der Waals surface area contributed by atoms with Crippen LogP contribution in [0.4, 0.5) is 0 Å². The zero-order valence-corrected chi connectivity index (χ0v) is 19.4. The largest absolute Gasteiger partial charge is 1.00 e. The third-order valence-electron chi connectivity index (χ3n) is 3.33. The van der Waals surface area contributed by atoms with E-state index in [1.165, 1.54) is 12.1 Å². The molecule has 3 rings (SSSR count). The normalized spacial score (nSPS) is 10.9. The molecule has 0 aromatic heterocycles. The molecule has 0 aliphatic carbocycles. The van der Waals surface area contributed by atoms with Crippen molar-refractivity contribution in [3.63, 3.8) is 0 Å². The first-order valence-electron chi connectivity index (χ1n) is 7.29. The average molecular weight is 445 g/mol. The smallest absolute Gasteiger partial charge is 0.802 e. The zero-order chi connectivity index (χ0) is 20.3. The number of hydrogen-bond acceptors (Lipinski definition) is 7. The van der Waals surface area contributed by atoms with E-state index in [0.29, 0.717) is 0 Å². The van der Waals surface area contributed by atoms with Crippen molar-refractivity contribution in [1.82, 2.24) is 0 Å². The molecule has 0 fully saturated rings. The van der Waals surface area contributed by atoms with Gasteiger partial charge in [-0.1, -0.05) is 50.4 Å². The molecule has 0 amide bonds. The minimum absolute atomic E-state index is 0. The van der Waals surface area contributed by atoms with Crippen molar-refractivity contribution in [3.8, 4) is 0 Å². The van der Waals surface area contributed by atoms with Gasteiger partial charge < -0.3 is 19.6 Å².